The molecule has 0 saturated heterocycles. The van der Waals surface area contributed by atoms with E-state index < -0.39 is 0 Å². The van der Waals surface area contributed by atoms with Crippen molar-refractivity contribution >= 4 is 0 Å². The largest absolute Gasteiger partial charge is 0.370 e. The molecule has 44 valence electrons. The fourth-order valence-corrected chi connectivity index (χ4v) is 0.250. The molecule has 0 atom stereocenters. The first-order valence-corrected chi connectivity index (χ1v) is 2.49. The highest BCUT2D eigenvalue weighted by Crippen LogP contribution is 1.72. The van der Waals surface area contributed by atoms with E-state index in [9.17, 15) is 0 Å². The lowest BCUT2D eigenvalue weighted by Gasteiger charge is -2.04. The Hall–Kier alpha value is -0.0800. The maximum Gasteiger partial charge on any atom is 0.0963 e. The SMILES string of the molecule is COCNC(C)C. The van der Waals surface area contributed by atoms with E-state index >= 15 is 0 Å². The van der Waals surface area contributed by atoms with Crippen molar-refractivity contribution in [2.75, 3.05) is 13.8 Å². The second-order valence-electron chi connectivity index (χ2n) is 1.79. The summed E-state index contributed by atoms with van der Waals surface area (Å²) in [4.78, 5) is 0. The van der Waals surface area contributed by atoms with E-state index in [1.807, 2.05) is 0 Å². The van der Waals surface area contributed by atoms with Gasteiger partial charge in [0.15, 0.2) is 0 Å². The van der Waals surface area contributed by atoms with Crippen LogP contribution >= 0.6 is 0 Å². The van der Waals surface area contributed by atoms with Gasteiger partial charge in [0.1, 0.15) is 0 Å². The van der Waals surface area contributed by atoms with E-state index in [4.69, 9.17) is 4.74 Å². The Morgan fingerprint density at radius 2 is 2.14 bits per heavy atom. The number of ether oxygens (including phenoxy) is 1. The Morgan fingerprint density at radius 1 is 1.57 bits per heavy atom. The maximum absolute atomic E-state index is 4.74. The van der Waals surface area contributed by atoms with Gasteiger partial charge in [-0.1, -0.05) is 0 Å². The summed E-state index contributed by atoms with van der Waals surface area (Å²) in [5, 5.41) is 3.07. The highest BCUT2D eigenvalue weighted by molar-refractivity contribution is 4.44. The normalized spacial score (nSPS) is 10.3. The van der Waals surface area contributed by atoms with Crippen LogP contribution in [0.25, 0.3) is 0 Å². The van der Waals surface area contributed by atoms with E-state index in [1.165, 1.54) is 0 Å². The summed E-state index contributed by atoms with van der Waals surface area (Å²) >= 11 is 0. The molecule has 7 heavy (non-hydrogen) atoms. The lowest BCUT2D eigenvalue weighted by molar-refractivity contribution is 0.168. The molecule has 2 heteroatoms. The summed E-state index contributed by atoms with van der Waals surface area (Å²) in [7, 11) is 1.68. The van der Waals surface area contributed by atoms with E-state index in [-0.39, 0.29) is 0 Å². The molecule has 0 aromatic carbocycles. The van der Waals surface area contributed by atoms with Gasteiger partial charge in [-0.2, -0.15) is 0 Å². The van der Waals surface area contributed by atoms with E-state index in [1.54, 1.807) is 7.11 Å². The van der Waals surface area contributed by atoms with Crippen LogP contribution in [0, 0.1) is 0 Å². The Labute approximate surface area is 44.9 Å². The molecule has 0 aliphatic heterocycles. The third-order valence-corrected chi connectivity index (χ3v) is 0.636. The third-order valence-electron chi connectivity index (χ3n) is 0.636. The van der Waals surface area contributed by atoms with Gasteiger partial charge >= 0.3 is 0 Å². The van der Waals surface area contributed by atoms with Crippen LogP contribution in [0.1, 0.15) is 13.8 Å². The van der Waals surface area contributed by atoms with Crippen molar-refractivity contribution < 1.29 is 4.74 Å². The van der Waals surface area contributed by atoms with Gasteiger partial charge in [-0.15, -0.1) is 0 Å². The molecule has 0 heterocycles. The Balaban J connectivity index is 2.68. The third kappa shape index (κ3) is 5.92. The molecule has 0 amide bonds. The summed E-state index contributed by atoms with van der Waals surface area (Å²) in [5.74, 6) is 0. The molecular weight excluding hydrogens is 90.1 g/mol. The smallest absolute Gasteiger partial charge is 0.0963 e. The monoisotopic (exact) mass is 103 g/mol. The van der Waals surface area contributed by atoms with Crippen molar-refractivity contribution in [2.45, 2.75) is 19.9 Å². The molecule has 0 radical (unpaired) electrons. The van der Waals surface area contributed by atoms with Crippen molar-refractivity contribution in [2.24, 2.45) is 0 Å². The molecule has 0 rings (SSSR count). The van der Waals surface area contributed by atoms with Gasteiger partial charge in [-0.3, -0.25) is 5.32 Å². The van der Waals surface area contributed by atoms with E-state index in [0.29, 0.717) is 12.8 Å². The zero-order valence-corrected chi connectivity index (χ0v) is 5.19. The van der Waals surface area contributed by atoms with Gasteiger partial charge in [0.25, 0.3) is 0 Å². The minimum absolute atomic E-state index is 0.528. The minimum atomic E-state index is 0.528. The van der Waals surface area contributed by atoms with Crippen molar-refractivity contribution in [1.29, 1.82) is 0 Å². The summed E-state index contributed by atoms with van der Waals surface area (Å²) < 4.78 is 4.74. The highest BCUT2D eigenvalue weighted by Gasteiger charge is 1.85. The quantitative estimate of drug-likeness (QED) is 0.528. The highest BCUT2D eigenvalue weighted by atomic mass is 16.5. The maximum atomic E-state index is 4.74. The average molecular weight is 103 g/mol. The summed E-state index contributed by atoms with van der Waals surface area (Å²) in [5.41, 5.74) is 0. The van der Waals surface area contributed by atoms with Crippen LogP contribution in [-0.4, -0.2) is 19.9 Å². The first kappa shape index (κ1) is 6.92. The van der Waals surface area contributed by atoms with Gasteiger partial charge in [-0.05, 0) is 13.8 Å². The van der Waals surface area contributed by atoms with Crippen LogP contribution in [0.5, 0.6) is 0 Å². The minimum Gasteiger partial charge on any atom is -0.370 e. The Kier molecular flexibility index (Phi) is 4.04. The van der Waals surface area contributed by atoms with Crippen LogP contribution in [-0.2, 0) is 4.74 Å². The fourth-order valence-electron chi connectivity index (χ4n) is 0.250. The van der Waals surface area contributed by atoms with E-state index in [0.717, 1.165) is 0 Å². The molecule has 2 nitrogen and oxygen atoms in total. The number of methoxy groups -OCH3 is 1. The number of nitrogens with one attached hydrogen (secondary N) is 1. The fraction of sp³-hybridized carbons (Fsp3) is 1.00. The molecule has 0 fully saturated rings. The van der Waals surface area contributed by atoms with Gasteiger partial charge in [0.2, 0.25) is 0 Å². The summed E-state index contributed by atoms with van der Waals surface area (Å²) in [6.45, 7) is 4.82. The van der Waals surface area contributed by atoms with Gasteiger partial charge in [-0.25, -0.2) is 0 Å². The zero-order chi connectivity index (χ0) is 5.70. The number of hydrogen-bond donors (Lipinski definition) is 1. The molecule has 0 aliphatic carbocycles. The molecule has 0 bridgehead atoms. The Bertz CT molecular complexity index is 37.1. The second kappa shape index (κ2) is 4.09. The zero-order valence-electron chi connectivity index (χ0n) is 5.19. The standard InChI is InChI=1S/C5H13NO/c1-5(2)6-4-7-3/h5-6H,4H2,1-3H3. The molecule has 0 aromatic rings. The predicted molar refractivity (Wildman–Crippen MR) is 30.1 cm³/mol. The van der Waals surface area contributed by atoms with Crippen LogP contribution in [0.4, 0.5) is 0 Å². The average Bonchev–Trinajstić information content (AvgIpc) is 1.61. The van der Waals surface area contributed by atoms with Gasteiger partial charge in [0.05, 0.1) is 6.73 Å². The van der Waals surface area contributed by atoms with Crippen LogP contribution in [0.3, 0.4) is 0 Å². The molecule has 0 unspecified atom stereocenters. The van der Waals surface area contributed by atoms with Crippen molar-refractivity contribution in [1.82, 2.24) is 5.32 Å². The summed E-state index contributed by atoms with van der Waals surface area (Å²) in [6.07, 6.45) is 0. The summed E-state index contributed by atoms with van der Waals surface area (Å²) in [6, 6.07) is 0.528. The lowest BCUT2D eigenvalue weighted by atomic mass is 10.4. The van der Waals surface area contributed by atoms with Gasteiger partial charge in [0, 0.05) is 13.2 Å². The van der Waals surface area contributed by atoms with E-state index in [2.05, 4.69) is 19.2 Å². The molecular formula is C5H13NO. The van der Waals surface area contributed by atoms with Crippen molar-refractivity contribution in [3.8, 4) is 0 Å². The Morgan fingerprint density at radius 3 is 2.29 bits per heavy atom. The topological polar surface area (TPSA) is 21.3 Å². The number of rotatable bonds is 3. The first-order chi connectivity index (χ1) is 3.27. The molecule has 0 saturated carbocycles. The van der Waals surface area contributed by atoms with Gasteiger partial charge < -0.3 is 4.74 Å². The van der Waals surface area contributed by atoms with Crippen LogP contribution < -0.4 is 5.32 Å². The second-order valence-corrected chi connectivity index (χ2v) is 1.79. The lowest BCUT2D eigenvalue weighted by Crippen LogP contribution is -2.24. The molecule has 0 aliphatic rings. The first-order valence-electron chi connectivity index (χ1n) is 2.49. The van der Waals surface area contributed by atoms with Crippen molar-refractivity contribution in [3.05, 3.63) is 0 Å². The van der Waals surface area contributed by atoms with Crippen LogP contribution in [0.2, 0.25) is 0 Å². The molecule has 1 N–H and O–H groups in total. The predicted octanol–water partition coefficient (Wildman–Crippen LogP) is 0.588. The molecule has 0 aromatic heterocycles. The number of hydrogen-bond acceptors (Lipinski definition) is 2. The van der Waals surface area contributed by atoms with Crippen LogP contribution in [0.15, 0.2) is 0 Å². The molecule has 0 spiro atoms. The van der Waals surface area contributed by atoms with Crippen molar-refractivity contribution in [3.63, 3.8) is 0 Å².